The summed E-state index contributed by atoms with van der Waals surface area (Å²) in [6, 6.07) is 7.75. The molecule has 1 aromatic carbocycles. The van der Waals surface area contributed by atoms with Crippen molar-refractivity contribution in [2.45, 2.75) is 13.3 Å². The largest absolute Gasteiger partial charge is 0.493 e. The Balaban J connectivity index is 1.98. The Hall–Kier alpha value is -2.08. The van der Waals surface area contributed by atoms with Crippen molar-refractivity contribution in [3.63, 3.8) is 0 Å². The molecule has 5 nitrogen and oxygen atoms in total. The van der Waals surface area contributed by atoms with E-state index in [1.165, 1.54) is 5.56 Å². The smallest absolute Gasteiger partial charge is 0.160 e. The van der Waals surface area contributed by atoms with E-state index in [-0.39, 0.29) is 0 Å². The van der Waals surface area contributed by atoms with E-state index in [1.54, 1.807) is 14.2 Å². The highest BCUT2D eigenvalue weighted by atomic mass is 32.1. The molecule has 112 valence electrons. The second kappa shape index (κ2) is 7.08. The Bertz CT molecular complexity index is 670. The SMILES string of the molecule is COc1ccc(CCNc2cc(=S)nc(C)[nH]2)cc1OC. The lowest BCUT2D eigenvalue weighted by Crippen LogP contribution is -2.07. The molecule has 0 radical (unpaired) electrons. The number of hydrogen-bond donors (Lipinski definition) is 2. The van der Waals surface area contributed by atoms with Crippen LogP contribution in [-0.4, -0.2) is 30.7 Å². The zero-order valence-electron chi connectivity index (χ0n) is 12.4. The second-order valence-corrected chi connectivity index (χ2v) is 5.00. The normalized spacial score (nSPS) is 10.2. The molecule has 0 saturated heterocycles. The van der Waals surface area contributed by atoms with Crippen LogP contribution >= 0.6 is 12.2 Å². The summed E-state index contributed by atoms with van der Waals surface area (Å²) >= 11 is 5.09. The zero-order chi connectivity index (χ0) is 15.2. The highest BCUT2D eigenvalue weighted by Gasteiger charge is 2.04. The molecule has 0 atom stereocenters. The van der Waals surface area contributed by atoms with E-state index in [1.807, 2.05) is 31.2 Å². The topological polar surface area (TPSA) is 59.2 Å². The van der Waals surface area contributed by atoms with E-state index in [2.05, 4.69) is 15.3 Å². The second-order valence-electron chi connectivity index (χ2n) is 4.58. The van der Waals surface area contributed by atoms with Crippen molar-refractivity contribution in [1.29, 1.82) is 0 Å². The van der Waals surface area contributed by atoms with Crippen molar-refractivity contribution < 1.29 is 9.47 Å². The fourth-order valence-corrected chi connectivity index (χ4v) is 2.31. The van der Waals surface area contributed by atoms with Crippen LogP contribution in [0.25, 0.3) is 0 Å². The summed E-state index contributed by atoms with van der Waals surface area (Å²) in [5, 5.41) is 3.31. The van der Waals surface area contributed by atoms with E-state index in [0.29, 0.717) is 4.64 Å². The van der Waals surface area contributed by atoms with Crippen LogP contribution in [0.4, 0.5) is 5.82 Å². The van der Waals surface area contributed by atoms with Crippen molar-refractivity contribution in [3.8, 4) is 11.5 Å². The number of aromatic amines is 1. The first-order valence-corrected chi connectivity index (χ1v) is 7.06. The van der Waals surface area contributed by atoms with E-state index in [9.17, 15) is 0 Å². The van der Waals surface area contributed by atoms with Crippen LogP contribution in [0.1, 0.15) is 11.4 Å². The molecular formula is C15H19N3O2S. The fourth-order valence-electron chi connectivity index (χ4n) is 2.05. The van der Waals surface area contributed by atoms with Gasteiger partial charge in [0.05, 0.1) is 14.2 Å². The van der Waals surface area contributed by atoms with Crippen molar-refractivity contribution in [2.75, 3.05) is 26.1 Å². The molecule has 2 N–H and O–H groups in total. The molecule has 0 aliphatic heterocycles. The highest BCUT2D eigenvalue weighted by molar-refractivity contribution is 7.71. The summed E-state index contributed by atoms with van der Waals surface area (Å²) in [7, 11) is 3.27. The minimum atomic E-state index is 0.583. The van der Waals surface area contributed by atoms with Gasteiger partial charge in [0.2, 0.25) is 0 Å². The van der Waals surface area contributed by atoms with Gasteiger partial charge in [0.25, 0.3) is 0 Å². The molecule has 1 heterocycles. The average Bonchev–Trinajstić information content (AvgIpc) is 2.46. The standard InChI is InChI=1S/C15H19N3O2S/c1-10-17-14(9-15(21)18-10)16-7-6-11-4-5-12(19-2)13(8-11)20-3/h4-5,8-9H,6-7H2,1-3H3,(H2,16,17,18,21). The van der Waals surface area contributed by atoms with Gasteiger partial charge in [-0.2, -0.15) is 0 Å². The van der Waals surface area contributed by atoms with Crippen molar-refractivity contribution >= 4 is 18.0 Å². The number of aromatic nitrogens is 2. The molecule has 2 rings (SSSR count). The zero-order valence-corrected chi connectivity index (χ0v) is 13.2. The minimum absolute atomic E-state index is 0.583. The third kappa shape index (κ3) is 4.19. The van der Waals surface area contributed by atoms with E-state index < -0.39 is 0 Å². The molecule has 0 aliphatic carbocycles. The van der Waals surface area contributed by atoms with Gasteiger partial charge in [-0.1, -0.05) is 18.3 Å². The maximum Gasteiger partial charge on any atom is 0.160 e. The quantitative estimate of drug-likeness (QED) is 0.803. The maximum atomic E-state index is 5.30. The van der Waals surface area contributed by atoms with Crippen molar-refractivity contribution in [3.05, 3.63) is 40.3 Å². The lowest BCUT2D eigenvalue weighted by atomic mass is 10.1. The Labute approximate surface area is 129 Å². The fraction of sp³-hybridized carbons (Fsp3) is 0.333. The minimum Gasteiger partial charge on any atom is -0.493 e. The lowest BCUT2D eigenvalue weighted by molar-refractivity contribution is 0.354. The first-order valence-electron chi connectivity index (χ1n) is 6.65. The summed E-state index contributed by atoms with van der Waals surface area (Å²) in [5.41, 5.74) is 1.17. The van der Waals surface area contributed by atoms with Crippen LogP contribution in [0.2, 0.25) is 0 Å². The molecule has 0 aliphatic rings. The number of rotatable bonds is 6. The molecule has 0 amide bonds. The van der Waals surface area contributed by atoms with Crippen molar-refractivity contribution in [2.24, 2.45) is 0 Å². The summed E-state index contributed by atoms with van der Waals surface area (Å²) in [4.78, 5) is 7.27. The molecule has 21 heavy (non-hydrogen) atoms. The number of benzene rings is 1. The maximum absolute atomic E-state index is 5.30. The molecule has 0 fully saturated rings. The molecule has 0 saturated carbocycles. The third-order valence-corrected chi connectivity index (χ3v) is 3.25. The van der Waals surface area contributed by atoms with Crippen molar-refractivity contribution in [1.82, 2.24) is 9.97 Å². The molecule has 0 bridgehead atoms. The molecule has 1 aromatic heterocycles. The lowest BCUT2D eigenvalue weighted by Gasteiger charge is -2.10. The molecule has 0 unspecified atom stereocenters. The number of nitrogens with one attached hydrogen (secondary N) is 2. The summed E-state index contributed by atoms with van der Waals surface area (Å²) in [5.74, 6) is 3.17. The third-order valence-electron chi connectivity index (χ3n) is 3.04. The Morgan fingerprint density at radius 1 is 1.19 bits per heavy atom. The van der Waals surface area contributed by atoms with Crippen LogP contribution < -0.4 is 14.8 Å². The summed E-state index contributed by atoms with van der Waals surface area (Å²) in [6.45, 7) is 2.67. The summed E-state index contributed by atoms with van der Waals surface area (Å²) in [6.07, 6.45) is 0.863. The Kier molecular flexibility index (Phi) is 5.16. The number of anilines is 1. The van der Waals surface area contributed by atoms with Crippen LogP contribution in [0.15, 0.2) is 24.3 Å². The van der Waals surface area contributed by atoms with Gasteiger partial charge in [0.1, 0.15) is 16.3 Å². The number of H-pyrrole nitrogens is 1. The molecule has 6 heteroatoms. The van der Waals surface area contributed by atoms with Gasteiger partial charge in [-0.05, 0) is 31.0 Å². The predicted molar refractivity (Wildman–Crippen MR) is 85.9 cm³/mol. The van der Waals surface area contributed by atoms with Gasteiger partial charge >= 0.3 is 0 Å². The first-order chi connectivity index (χ1) is 10.1. The van der Waals surface area contributed by atoms with E-state index in [0.717, 1.165) is 36.1 Å². The predicted octanol–water partition coefficient (Wildman–Crippen LogP) is 3.12. The van der Waals surface area contributed by atoms with Crippen LogP contribution in [0.5, 0.6) is 11.5 Å². The Morgan fingerprint density at radius 2 is 1.95 bits per heavy atom. The van der Waals surface area contributed by atoms with Gasteiger partial charge in [-0.15, -0.1) is 0 Å². The van der Waals surface area contributed by atoms with Gasteiger partial charge in [0.15, 0.2) is 11.5 Å². The van der Waals surface area contributed by atoms with Gasteiger partial charge in [-0.25, -0.2) is 4.98 Å². The Morgan fingerprint density at radius 3 is 2.62 bits per heavy atom. The van der Waals surface area contributed by atoms with Gasteiger partial charge in [-0.3, -0.25) is 0 Å². The number of methoxy groups -OCH3 is 2. The highest BCUT2D eigenvalue weighted by Crippen LogP contribution is 2.27. The number of aryl methyl sites for hydroxylation is 1. The molecule has 2 aromatic rings. The molecular weight excluding hydrogens is 286 g/mol. The average molecular weight is 305 g/mol. The monoisotopic (exact) mass is 305 g/mol. The number of nitrogens with zero attached hydrogens (tertiary/aromatic N) is 1. The number of ether oxygens (including phenoxy) is 2. The van der Waals surface area contributed by atoms with Gasteiger partial charge in [0, 0.05) is 12.6 Å². The van der Waals surface area contributed by atoms with Gasteiger partial charge < -0.3 is 19.8 Å². The van der Waals surface area contributed by atoms with Crippen LogP contribution in [-0.2, 0) is 6.42 Å². The summed E-state index contributed by atoms with van der Waals surface area (Å²) < 4.78 is 11.1. The first kappa shape index (κ1) is 15.3. The van der Waals surface area contributed by atoms with E-state index in [4.69, 9.17) is 21.7 Å². The van der Waals surface area contributed by atoms with Crippen LogP contribution in [0.3, 0.4) is 0 Å². The molecule has 0 spiro atoms. The van der Waals surface area contributed by atoms with Crippen LogP contribution in [0, 0.1) is 11.6 Å². The number of hydrogen-bond acceptors (Lipinski definition) is 5. The van der Waals surface area contributed by atoms with E-state index >= 15 is 0 Å².